The Labute approximate surface area is 245 Å². The summed E-state index contributed by atoms with van der Waals surface area (Å²) in [6, 6.07) is 17.8. The maximum absolute atomic E-state index is 13.2. The number of anilines is 2. The minimum atomic E-state index is -0.207. The molecule has 0 aliphatic carbocycles. The predicted molar refractivity (Wildman–Crippen MR) is 162 cm³/mol. The lowest BCUT2D eigenvalue weighted by Crippen LogP contribution is -2.43. The van der Waals surface area contributed by atoms with Crippen LogP contribution in [0.3, 0.4) is 0 Å². The molecule has 6 rings (SSSR count). The predicted octanol–water partition coefficient (Wildman–Crippen LogP) is 4.62. The van der Waals surface area contributed by atoms with Crippen LogP contribution in [0.15, 0.2) is 67.0 Å². The summed E-state index contributed by atoms with van der Waals surface area (Å²) in [5, 5.41) is 12.4. The van der Waals surface area contributed by atoms with Crippen LogP contribution in [0.1, 0.15) is 28.8 Å². The maximum Gasteiger partial charge on any atom is 0.274 e. The quantitative estimate of drug-likeness (QED) is 0.300. The third-order valence-electron chi connectivity index (χ3n) is 6.63. The molecular weight excluding hydrogens is 559 g/mol. The Morgan fingerprint density at radius 3 is 2.59 bits per heavy atom. The Morgan fingerprint density at radius 1 is 1.00 bits per heavy atom. The summed E-state index contributed by atoms with van der Waals surface area (Å²) < 4.78 is 3.78. The molecule has 0 atom stereocenters. The number of rotatable bonds is 6. The van der Waals surface area contributed by atoms with Gasteiger partial charge in [-0.1, -0.05) is 25.1 Å². The second kappa shape index (κ2) is 13.1. The van der Waals surface area contributed by atoms with Crippen molar-refractivity contribution in [1.29, 1.82) is 0 Å². The van der Waals surface area contributed by atoms with Crippen LogP contribution in [0, 0.1) is 0 Å². The lowest BCUT2D eigenvalue weighted by atomic mass is 10.1. The van der Waals surface area contributed by atoms with E-state index in [2.05, 4.69) is 39.6 Å². The summed E-state index contributed by atoms with van der Waals surface area (Å²) in [5.74, 6) is 0.795. The monoisotopic (exact) mass is 588 g/mol. The van der Waals surface area contributed by atoms with Crippen LogP contribution < -0.4 is 15.5 Å². The first-order valence-electron chi connectivity index (χ1n) is 12.3. The summed E-state index contributed by atoms with van der Waals surface area (Å²) in [7, 11) is 0. The number of imidazole rings is 1. The van der Waals surface area contributed by atoms with E-state index in [4.69, 9.17) is 10.1 Å². The smallest absolute Gasteiger partial charge is 0.274 e. The number of aromatic nitrogens is 5. The number of amides is 1. The molecule has 0 spiro atoms. The highest BCUT2D eigenvalue weighted by Crippen LogP contribution is 2.29. The van der Waals surface area contributed by atoms with Gasteiger partial charge in [-0.15, -0.1) is 37.2 Å². The van der Waals surface area contributed by atoms with Crippen molar-refractivity contribution >= 4 is 71.2 Å². The molecule has 1 amide bonds. The van der Waals surface area contributed by atoms with E-state index in [0.29, 0.717) is 12.2 Å². The van der Waals surface area contributed by atoms with Crippen LogP contribution in [0.2, 0.25) is 0 Å². The number of hydrogen-bond donors (Lipinski definition) is 2. The van der Waals surface area contributed by atoms with Gasteiger partial charge in [0.15, 0.2) is 0 Å². The highest BCUT2D eigenvalue weighted by molar-refractivity contribution is 6.08. The van der Waals surface area contributed by atoms with Gasteiger partial charge >= 0.3 is 0 Å². The lowest BCUT2D eigenvalue weighted by Gasteiger charge is -2.28. The van der Waals surface area contributed by atoms with Gasteiger partial charge in [-0.25, -0.2) is 9.97 Å². The first-order valence-corrected chi connectivity index (χ1v) is 12.3. The minimum absolute atomic E-state index is 0. The number of benzene rings is 1. The van der Waals surface area contributed by atoms with Crippen LogP contribution >= 0.6 is 37.2 Å². The van der Waals surface area contributed by atoms with E-state index in [9.17, 15) is 4.79 Å². The van der Waals surface area contributed by atoms with Crippen LogP contribution in [-0.4, -0.2) is 56.2 Å². The maximum atomic E-state index is 13.2. The number of piperazine rings is 1. The number of pyridine rings is 2. The van der Waals surface area contributed by atoms with Crippen molar-refractivity contribution in [1.82, 2.24) is 29.5 Å². The van der Waals surface area contributed by atoms with E-state index in [1.807, 2.05) is 53.3 Å². The second-order valence-corrected chi connectivity index (χ2v) is 8.91. The van der Waals surface area contributed by atoms with E-state index < -0.39 is 0 Å². The van der Waals surface area contributed by atoms with E-state index in [1.54, 1.807) is 10.6 Å². The summed E-state index contributed by atoms with van der Waals surface area (Å²) in [4.78, 5) is 24.8. The van der Waals surface area contributed by atoms with E-state index >= 15 is 0 Å². The van der Waals surface area contributed by atoms with Gasteiger partial charge < -0.3 is 15.5 Å². The summed E-state index contributed by atoms with van der Waals surface area (Å²) in [6.07, 6.45) is 4.20. The molecule has 2 N–H and O–H groups in total. The van der Waals surface area contributed by atoms with Gasteiger partial charge in [0.05, 0.1) is 35.3 Å². The van der Waals surface area contributed by atoms with Crippen molar-refractivity contribution in [2.24, 2.45) is 0 Å². The molecule has 0 bridgehead atoms. The molecule has 206 valence electrons. The third kappa shape index (κ3) is 5.96. The Kier molecular flexibility index (Phi) is 10.2. The number of hydrogen-bond acceptors (Lipinski definition) is 6. The Hall–Kier alpha value is -3.37. The van der Waals surface area contributed by atoms with Gasteiger partial charge in [0.1, 0.15) is 17.2 Å². The average molecular weight is 590 g/mol. The van der Waals surface area contributed by atoms with Gasteiger partial charge in [-0.2, -0.15) is 5.10 Å². The number of nitrogens with zero attached hydrogens (tertiary/aromatic N) is 6. The summed E-state index contributed by atoms with van der Waals surface area (Å²) in [6.45, 7) is 6.49. The average Bonchev–Trinajstić information content (AvgIpc) is 3.52. The van der Waals surface area contributed by atoms with E-state index in [-0.39, 0.29) is 43.1 Å². The molecule has 12 heteroatoms. The second-order valence-electron chi connectivity index (χ2n) is 8.91. The fourth-order valence-corrected chi connectivity index (χ4v) is 4.85. The SMILES string of the molecule is CCc1nn(Cc2cccc(N3CCNCC3)n2)c2cccc(NC(=O)c3cnc4ccccn34)c12.Cl.Cl.Cl. The van der Waals surface area contributed by atoms with Gasteiger partial charge in [0.2, 0.25) is 0 Å². The number of carbonyl (C=O) groups excluding carboxylic acids is 1. The molecule has 9 nitrogen and oxygen atoms in total. The fraction of sp³-hybridized carbons (Fsp3) is 0.259. The van der Waals surface area contributed by atoms with Crippen LogP contribution in [0.5, 0.6) is 0 Å². The number of aryl methyl sites for hydroxylation is 1. The first kappa shape index (κ1) is 30.2. The highest BCUT2D eigenvalue weighted by atomic mass is 35.5. The molecule has 1 aromatic carbocycles. The molecular formula is C27H31Cl3N8O. The zero-order chi connectivity index (χ0) is 24.5. The van der Waals surface area contributed by atoms with E-state index in [1.165, 1.54) is 0 Å². The molecule has 5 heterocycles. The summed E-state index contributed by atoms with van der Waals surface area (Å²) >= 11 is 0. The largest absolute Gasteiger partial charge is 0.354 e. The fourth-order valence-electron chi connectivity index (χ4n) is 4.85. The van der Waals surface area contributed by atoms with Crippen LogP contribution in [-0.2, 0) is 13.0 Å². The van der Waals surface area contributed by atoms with Gasteiger partial charge in [0, 0.05) is 37.8 Å². The minimum Gasteiger partial charge on any atom is -0.354 e. The van der Waals surface area contributed by atoms with Crippen LogP contribution in [0.25, 0.3) is 16.6 Å². The molecule has 1 fully saturated rings. The zero-order valence-electron chi connectivity index (χ0n) is 21.4. The molecule has 0 radical (unpaired) electrons. The van der Waals surface area contributed by atoms with Gasteiger partial charge in [-0.3, -0.25) is 13.9 Å². The van der Waals surface area contributed by atoms with Gasteiger partial charge in [0.25, 0.3) is 5.91 Å². The van der Waals surface area contributed by atoms with Crippen molar-refractivity contribution < 1.29 is 4.79 Å². The number of nitrogens with one attached hydrogen (secondary N) is 2. The zero-order valence-corrected chi connectivity index (χ0v) is 23.9. The number of halogens is 3. The normalized spacial score (nSPS) is 12.9. The van der Waals surface area contributed by atoms with Crippen molar-refractivity contribution in [3.63, 3.8) is 0 Å². The van der Waals surface area contributed by atoms with Crippen LogP contribution in [0.4, 0.5) is 11.5 Å². The summed E-state index contributed by atoms with van der Waals surface area (Å²) in [5.41, 5.74) is 4.84. The molecule has 39 heavy (non-hydrogen) atoms. The molecule has 1 aliphatic rings. The van der Waals surface area contributed by atoms with Crippen molar-refractivity contribution in [3.05, 3.63) is 84.1 Å². The topological polar surface area (TPSA) is 92.4 Å². The molecule has 1 aliphatic heterocycles. The van der Waals surface area contributed by atoms with E-state index in [0.717, 1.165) is 72.0 Å². The molecule has 4 aromatic heterocycles. The Balaban J connectivity index is 0.00000140. The molecule has 1 saturated heterocycles. The molecule has 5 aromatic rings. The highest BCUT2D eigenvalue weighted by Gasteiger charge is 2.18. The standard InChI is InChI=1S/C27H28N8O.3ClH/c1-2-20-26-21(31-27(36)23-17-29-24-10-3-4-14-34(23)24)8-6-9-22(26)35(32-20)18-19-7-5-11-25(30-19)33-15-12-28-13-16-33;;;/h3-11,14,17,28H,2,12-13,15-16,18H2,1H3,(H,31,36);3*1H. The van der Waals surface area contributed by atoms with Crippen molar-refractivity contribution in [2.75, 3.05) is 36.4 Å². The first-order chi connectivity index (χ1) is 17.7. The Bertz CT molecular complexity index is 1560. The molecule has 0 saturated carbocycles. The lowest BCUT2D eigenvalue weighted by molar-refractivity contribution is 0.102. The van der Waals surface area contributed by atoms with Crippen molar-refractivity contribution in [2.45, 2.75) is 19.9 Å². The number of fused-ring (bicyclic) bond motifs is 2. The van der Waals surface area contributed by atoms with Crippen molar-refractivity contribution in [3.8, 4) is 0 Å². The van der Waals surface area contributed by atoms with Gasteiger partial charge in [-0.05, 0) is 42.8 Å². The molecule has 0 unspecified atom stereocenters. The number of carbonyl (C=O) groups is 1. The Morgan fingerprint density at radius 2 is 1.79 bits per heavy atom. The third-order valence-corrected chi connectivity index (χ3v) is 6.63.